The van der Waals surface area contributed by atoms with Gasteiger partial charge in [-0.2, -0.15) is 0 Å². The molecule has 0 aliphatic heterocycles. The minimum absolute atomic E-state index is 0.748. The van der Waals surface area contributed by atoms with E-state index in [1.807, 2.05) is 60.7 Å². The standard InChI is InChI=1S/C15H13ClO/c1-17-15-7-3-5-13(11-15)9-8-12-4-2-6-14(16)10-12/h2-11H,1H3/b9-8-. The van der Waals surface area contributed by atoms with Gasteiger partial charge in [-0.15, -0.1) is 0 Å². The second-order valence-corrected chi connectivity index (χ2v) is 4.10. The Morgan fingerprint density at radius 1 is 0.941 bits per heavy atom. The van der Waals surface area contributed by atoms with Gasteiger partial charge in [-0.25, -0.2) is 0 Å². The fourth-order valence-electron chi connectivity index (χ4n) is 1.55. The smallest absolute Gasteiger partial charge is 0.119 e. The number of halogens is 1. The molecular formula is C15H13ClO. The largest absolute Gasteiger partial charge is 0.497 e. The zero-order valence-electron chi connectivity index (χ0n) is 9.56. The molecule has 17 heavy (non-hydrogen) atoms. The van der Waals surface area contributed by atoms with Crippen molar-refractivity contribution >= 4 is 23.8 Å². The molecule has 0 amide bonds. The van der Waals surface area contributed by atoms with Crippen LogP contribution in [0, 0.1) is 0 Å². The lowest BCUT2D eigenvalue weighted by Gasteiger charge is -2.00. The van der Waals surface area contributed by atoms with E-state index in [1.165, 1.54) is 0 Å². The second-order valence-electron chi connectivity index (χ2n) is 3.66. The lowest BCUT2D eigenvalue weighted by Crippen LogP contribution is -1.82. The third-order valence-corrected chi connectivity index (χ3v) is 2.65. The van der Waals surface area contributed by atoms with Gasteiger partial charge in [0, 0.05) is 5.02 Å². The molecule has 2 aromatic rings. The predicted molar refractivity (Wildman–Crippen MR) is 73.4 cm³/mol. The van der Waals surface area contributed by atoms with Gasteiger partial charge in [-0.3, -0.25) is 0 Å². The molecule has 0 aliphatic rings. The van der Waals surface area contributed by atoms with E-state index < -0.39 is 0 Å². The molecule has 2 rings (SSSR count). The molecule has 0 N–H and O–H groups in total. The van der Waals surface area contributed by atoms with Crippen molar-refractivity contribution < 1.29 is 4.74 Å². The molecule has 1 nitrogen and oxygen atoms in total. The van der Waals surface area contributed by atoms with E-state index in [0.29, 0.717) is 0 Å². The van der Waals surface area contributed by atoms with Crippen LogP contribution < -0.4 is 4.74 Å². The molecule has 86 valence electrons. The number of hydrogen-bond acceptors (Lipinski definition) is 1. The summed E-state index contributed by atoms with van der Waals surface area (Å²) in [5.41, 5.74) is 2.18. The van der Waals surface area contributed by atoms with Gasteiger partial charge >= 0.3 is 0 Å². The molecule has 2 heteroatoms. The van der Waals surface area contributed by atoms with Crippen molar-refractivity contribution in [2.45, 2.75) is 0 Å². The molecule has 0 heterocycles. The van der Waals surface area contributed by atoms with Crippen molar-refractivity contribution in [3.63, 3.8) is 0 Å². The normalized spacial score (nSPS) is 10.7. The van der Waals surface area contributed by atoms with E-state index >= 15 is 0 Å². The van der Waals surface area contributed by atoms with E-state index in [-0.39, 0.29) is 0 Å². The Morgan fingerprint density at radius 2 is 1.59 bits per heavy atom. The summed E-state index contributed by atoms with van der Waals surface area (Å²) in [5, 5.41) is 0.748. The van der Waals surface area contributed by atoms with Crippen molar-refractivity contribution in [3.05, 3.63) is 64.7 Å². The summed E-state index contributed by atoms with van der Waals surface area (Å²) < 4.78 is 5.17. The highest BCUT2D eigenvalue weighted by molar-refractivity contribution is 6.30. The Kier molecular flexibility index (Phi) is 3.84. The average molecular weight is 245 g/mol. The molecular weight excluding hydrogens is 232 g/mol. The van der Waals surface area contributed by atoms with Crippen LogP contribution in [0.1, 0.15) is 11.1 Å². The molecule has 0 radical (unpaired) electrons. The van der Waals surface area contributed by atoms with Gasteiger partial charge in [0.25, 0.3) is 0 Å². The van der Waals surface area contributed by atoms with Crippen LogP contribution in [0.5, 0.6) is 5.75 Å². The van der Waals surface area contributed by atoms with Crippen LogP contribution in [0.4, 0.5) is 0 Å². The highest BCUT2D eigenvalue weighted by atomic mass is 35.5. The molecule has 0 aromatic heterocycles. The fourth-order valence-corrected chi connectivity index (χ4v) is 1.75. The minimum atomic E-state index is 0.748. The molecule has 0 atom stereocenters. The number of rotatable bonds is 3. The van der Waals surface area contributed by atoms with Crippen LogP contribution in [-0.2, 0) is 0 Å². The Bertz CT molecular complexity index is 532. The highest BCUT2D eigenvalue weighted by Gasteiger charge is 1.92. The summed E-state index contributed by atoms with van der Waals surface area (Å²) in [6, 6.07) is 15.7. The van der Waals surface area contributed by atoms with Gasteiger partial charge in [-0.1, -0.05) is 48.0 Å². The molecule has 0 fully saturated rings. The van der Waals surface area contributed by atoms with Gasteiger partial charge < -0.3 is 4.74 Å². The maximum absolute atomic E-state index is 5.92. The van der Waals surface area contributed by atoms with Crippen molar-refractivity contribution in [1.82, 2.24) is 0 Å². The van der Waals surface area contributed by atoms with Gasteiger partial charge in [0.2, 0.25) is 0 Å². The Balaban J connectivity index is 2.19. The first-order valence-electron chi connectivity index (χ1n) is 5.35. The summed E-state index contributed by atoms with van der Waals surface area (Å²) in [6.07, 6.45) is 4.06. The summed E-state index contributed by atoms with van der Waals surface area (Å²) >= 11 is 5.92. The van der Waals surface area contributed by atoms with Crippen molar-refractivity contribution in [3.8, 4) is 5.75 Å². The quantitative estimate of drug-likeness (QED) is 0.722. The first-order valence-corrected chi connectivity index (χ1v) is 5.73. The van der Waals surface area contributed by atoms with Crippen LogP contribution in [0.25, 0.3) is 12.2 Å². The predicted octanol–water partition coefficient (Wildman–Crippen LogP) is 4.52. The van der Waals surface area contributed by atoms with Gasteiger partial charge in [0.1, 0.15) is 5.75 Å². The lowest BCUT2D eigenvalue weighted by molar-refractivity contribution is 0.414. The average Bonchev–Trinajstić information content (AvgIpc) is 2.37. The monoisotopic (exact) mass is 244 g/mol. The number of hydrogen-bond donors (Lipinski definition) is 0. The second kappa shape index (κ2) is 5.55. The summed E-state index contributed by atoms with van der Waals surface area (Å²) in [5.74, 6) is 0.859. The number of benzene rings is 2. The summed E-state index contributed by atoms with van der Waals surface area (Å²) in [4.78, 5) is 0. The molecule has 0 spiro atoms. The third-order valence-electron chi connectivity index (χ3n) is 2.41. The van der Waals surface area contributed by atoms with Crippen molar-refractivity contribution in [1.29, 1.82) is 0 Å². The fraction of sp³-hybridized carbons (Fsp3) is 0.0667. The van der Waals surface area contributed by atoms with E-state index in [0.717, 1.165) is 21.9 Å². The van der Waals surface area contributed by atoms with Crippen LogP contribution in [0.15, 0.2) is 48.5 Å². The lowest BCUT2D eigenvalue weighted by atomic mass is 10.1. The third kappa shape index (κ3) is 3.36. The Morgan fingerprint density at radius 3 is 2.24 bits per heavy atom. The van der Waals surface area contributed by atoms with Crippen LogP contribution in [-0.4, -0.2) is 7.11 Å². The summed E-state index contributed by atoms with van der Waals surface area (Å²) in [7, 11) is 1.67. The van der Waals surface area contributed by atoms with Crippen molar-refractivity contribution in [2.24, 2.45) is 0 Å². The SMILES string of the molecule is COc1cccc(/C=C\c2cccc(Cl)c2)c1. The topological polar surface area (TPSA) is 9.23 Å². The van der Waals surface area contributed by atoms with Crippen molar-refractivity contribution in [2.75, 3.05) is 7.11 Å². The van der Waals surface area contributed by atoms with Crippen LogP contribution >= 0.6 is 11.6 Å². The number of methoxy groups -OCH3 is 1. The number of ether oxygens (including phenoxy) is 1. The van der Waals surface area contributed by atoms with E-state index in [9.17, 15) is 0 Å². The molecule has 0 bridgehead atoms. The summed E-state index contributed by atoms with van der Waals surface area (Å²) in [6.45, 7) is 0. The maximum atomic E-state index is 5.92. The Hall–Kier alpha value is -1.73. The van der Waals surface area contributed by atoms with E-state index in [2.05, 4.69) is 0 Å². The molecule has 0 aliphatic carbocycles. The minimum Gasteiger partial charge on any atom is -0.497 e. The molecule has 2 aromatic carbocycles. The zero-order chi connectivity index (χ0) is 12.1. The molecule has 0 saturated heterocycles. The van der Waals surface area contributed by atoms with Gasteiger partial charge in [0.15, 0.2) is 0 Å². The first kappa shape index (κ1) is 11.7. The van der Waals surface area contributed by atoms with E-state index in [4.69, 9.17) is 16.3 Å². The van der Waals surface area contributed by atoms with Gasteiger partial charge in [0.05, 0.1) is 7.11 Å². The first-order chi connectivity index (χ1) is 8.28. The van der Waals surface area contributed by atoms with Gasteiger partial charge in [-0.05, 0) is 35.4 Å². The van der Waals surface area contributed by atoms with Crippen LogP contribution in [0.2, 0.25) is 5.02 Å². The highest BCUT2D eigenvalue weighted by Crippen LogP contribution is 2.16. The molecule has 0 saturated carbocycles. The Labute approximate surface area is 106 Å². The molecule has 0 unspecified atom stereocenters. The maximum Gasteiger partial charge on any atom is 0.119 e. The van der Waals surface area contributed by atoms with E-state index in [1.54, 1.807) is 7.11 Å². The zero-order valence-corrected chi connectivity index (χ0v) is 10.3. The van der Waals surface area contributed by atoms with Crippen LogP contribution in [0.3, 0.4) is 0 Å².